The molecule has 0 rings (SSSR count). The zero-order valence-electron chi connectivity index (χ0n) is 18.4. The summed E-state index contributed by atoms with van der Waals surface area (Å²) in [6.07, 6.45) is 25.7. The van der Waals surface area contributed by atoms with Crippen molar-refractivity contribution >= 4 is 0 Å². The predicted octanol–water partition coefficient (Wildman–Crippen LogP) is 8.42. The van der Waals surface area contributed by atoms with Crippen LogP contribution in [0.25, 0.3) is 0 Å². The van der Waals surface area contributed by atoms with E-state index in [1.54, 1.807) is 0 Å². The van der Waals surface area contributed by atoms with E-state index in [0.717, 1.165) is 0 Å². The van der Waals surface area contributed by atoms with Crippen molar-refractivity contribution in [1.82, 2.24) is 5.32 Å². The van der Waals surface area contributed by atoms with Crippen LogP contribution in [0.2, 0.25) is 0 Å². The molecule has 0 bridgehead atoms. The third kappa shape index (κ3) is 17.1. The highest BCUT2D eigenvalue weighted by atomic mass is 15.0. The van der Waals surface area contributed by atoms with Gasteiger partial charge in [0, 0.05) is 5.54 Å². The third-order valence-electron chi connectivity index (χ3n) is 6.14. The Morgan fingerprint density at radius 1 is 0.480 bits per heavy atom. The van der Waals surface area contributed by atoms with Gasteiger partial charge in [0.25, 0.3) is 0 Å². The van der Waals surface area contributed by atoms with Gasteiger partial charge in [0.05, 0.1) is 0 Å². The molecule has 0 aliphatic carbocycles. The van der Waals surface area contributed by atoms with Gasteiger partial charge in [-0.15, -0.1) is 0 Å². The molecule has 0 spiro atoms. The molecule has 0 aliphatic heterocycles. The van der Waals surface area contributed by atoms with E-state index in [0.29, 0.717) is 5.54 Å². The molecule has 152 valence electrons. The van der Waals surface area contributed by atoms with E-state index in [-0.39, 0.29) is 0 Å². The number of unbranched alkanes of at least 4 members (excludes halogenated alkanes) is 15. The molecule has 0 unspecified atom stereocenters. The minimum atomic E-state index is 0.371. The zero-order valence-corrected chi connectivity index (χ0v) is 18.4. The molecule has 0 saturated carbocycles. The molecule has 0 aromatic rings. The van der Waals surface area contributed by atoms with Crippen molar-refractivity contribution in [2.45, 2.75) is 149 Å². The topological polar surface area (TPSA) is 12.0 Å². The maximum atomic E-state index is 3.75. The largest absolute Gasteiger partial charge is 0.312 e. The van der Waals surface area contributed by atoms with E-state index in [9.17, 15) is 0 Å². The molecule has 25 heavy (non-hydrogen) atoms. The average molecular weight is 354 g/mol. The fraction of sp³-hybridized carbons (Fsp3) is 1.00. The van der Waals surface area contributed by atoms with Crippen molar-refractivity contribution in [3.05, 3.63) is 0 Å². The van der Waals surface area contributed by atoms with Crippen LogP contribution in [-0.4, -0.2) is 12.1 Å². The number of nitrogens with one attached hydrogen (secondary N) is 1. The SMILES string of the molecule is CCCCCCCCCCCCCCCCCCNC(C)(CC)CC. The smallest absolute Gasteiger partial charge is 0.0148 e. The van der Waals surface area contributed by atoms with Crippen LogP contribution < -0.4 is 5.32 Å². The molecule has 1 heteroatoms. The normalized spacial score (nSPS) is 12.0. The Bertz CT molecular complexity index is 244. The number of hydrogen-bond donors (Lipinski definition) is 1. The molecular weight excluding hydrogens is 302 g/mol. The summed E-state index contributed by atoms with van der Waals surface area (Å²) in [5.74, 6) is 0. The lowest BCUT2D eigenvalue weighted by Crippen LogP contribution is -2.41. The first-order valence-electron chi connectivity index (χ1n) is 11.9. The van der Waals surface area contributed by atoms with E-state index >= 15 is 0 Å². The van der Waals surface area contributed by atoms with Crippen molar-refractivity contribution < 1.29 is 0 Å². The van der Waals surface area contributed by atoms with Crippen molar-refractivity contribution in [3.8, 4) is 0 Å². The first-order valence-corrected chi connectivity index (χ1v) is 11.9. The van der Waals surface area contributed by atoms with Crippen LogP contribution in [0.3, 0.4) is 0 Å². The number of hydrogen-bond acceptors (Lipinski definition) is 1. The van der Waals surface area contributed by atoms with Crippen LogP contribution in [0.5, 0.6) is 0 Å². The lowest BCUT2D eigenvalue weighted by Gasteiger charge is -2.28. The summed E-state index contributed by atoms with van der Waals surface area (Å²) in [6.45, 7) is 10.5. The molecule has 1 N–H and O–H groups in total. The monoisotopic (exact) mass is 353 g/mol. The second-order valence-corrected chi connectivity index (χ2v) is 8.50. The quantitative estimate of drug-likeness (QED) is 0.217. The Kier molecular flexibility index (Phi) is 18.7. The van der Waals surface area contributed by atoms with Crippen molar-refractivity contribution in [2.24, 2.45) is 0 Å². The standard InChI is InChI=1S/C24H51N/c1-5-8-9-10-11-12-13-14-15-16-17-18-19-20-21-22-23-25-24(4,6-2)7-3/h25H,5-23H2,1-4H3. The summed E-state index contributed by atoms with van der Waals surface area (Å²) >= 11 is 0. The van der Waals surface area contributed by atoms with Crippen molar-refractivity contribution in [2.75, 3.05) is 6.54 Å². The van der Waals surface area contributed by atoms with Crippen LogP contribution in [-0.2, 0) is 0 Å². The van der Waals surface area contributed by atoms with Gasteiger partial charge in [0.1, 0.15) is 0 Å². The summed E-state index contributed by atoms with van der Waals surface area (Å²) in [6, 6.07) is 0. The summed E-state index contributed by atoms with van der Waals surface area (Å²) in [7, 11) is 0. The Morgan fingerprint density at radius 2 is 0.800 bits per heavy atom. The van der Waals surface area contributed by atoms with Crippen molar-refractivity contribution in [3.63, 3.8) is 0 Å². The predicted molar refractivity (Wildman–Crippen MR) is 117 cm³/mol. The van der Waals surface area contributed by atoms with Gasteiger partial charge in [-0.25, -0.2) is 0 Å². The summed E-state index contributed by atoms with van der Waals surface area (Å²) in [5, 5.41) is 3.75. The van der Waals surface area contributed by atoms with Gasteiger partial charge in [0.15, 0.2) is 0 Å². The molecule has 0 atom stereocenters. The van der Waals surface area contributed by atoms with E-state index in [2.05, 4.69) is 33.0 Å². The maximum Gasteiger partial charge on any atom is 0.0148 e. The van der Waals surface area contributed by atoms with Crippen LogP contribution in [0.1, 0.15) is 143 Å². The zero-order chi connectivity index (χ0) is 18.6. The van der Waals surface area contributed by atoms with Gasteiger partial charge < -0.3 is 5.32 Å². The van der Waals surface area contributed by atoms with Gasteiger partial charge in [0.2, 0.25) is 0 Å². The van der Waals surface area contributed by atoms with E-state index in [1.807, 2.05) is 0 Å². The minimum Gasteiger partial charge on any atom is -0.312 e. The van der Waals surface area contributed by atoms with Gasteiger partial charge >= 0.3 is 0 Å². The molecule has 0 heterocycles. The second-order valence-electron chi connectivity index (χ2n) is 8.50. The molecule has 0 radical (unpaired) electrons. The van der Waals surface area contributed by atoms with Crippen LogP contribution in [0.15, 0.2) is 0 Å². The molecule has 0 fully saturated rings. The lowest BCUT2D eigenvalue weighted by molar-refractivity contribution is 0.328. The fourth-order valence-corrected chi connectivity index (χ4v) is 3.56. The molecule has 1 nitrogen and oxygen atoms in total. The Balaban J connectivity index is 3.12. The van der Waals surface area contributed by atoms with Crippen molar-refractivity contribution in [1.29, 1.82) is 0 Å². The first-order chi connectivity index (χ1) is 12.2. The van der Waals surface area contributed by atoms with Gasteiger partial charge in [-0.05, 0) is 32.7 Å². The van der Waals surface area contributed by atoms with E-state index < -0.39 is 0 Å². The molecule has 0 amide bonds. The molecule has 0 aromatic heterocycles. The fourth-order valence-electron chi connectivity index (χ4n) is 3.56. The third-order valence-corrected chi connectivity index (χ3v) is 6.14. The second kappa shape index (κ2) is 18.7. The van der Waals surface area contributed by atoms with Crippen LogP contribution in [0, 0.1) is 0 Å². The van der Waals surface area contributed by atoms with E-state index in [1.165, 1.54) is 122 Å². The Labute approximate surface area is 161 Å². The minimum absolute atomic E-state index is 0.371. The lowest BCUT2D eigenvalue weighted by atomic mass is 9.95. The van der Waals surface area contributed by atoms with Gasteiger partial charge in [-0.3, -0.25) is 0 Å². The summed E-state index contributed by atoms with van der Waals surface area (Å²) in [4.78, 5) is 0. The molecule has 0 aliphatic rings. The maximum absolute atomic E-state index is 3.75. The van der Waals surface area contributed by atoms with Gasteiger partial charge in [-0.2, -0.15) is 0 Å². The van der Waals surface area contributed by atoms with E-state index in [4.69, 9.17) is 0 Å². The Hall–Kier alpha value is -0.0400. The highest BCUT2D eigenvalue weighted by molar-refractivity contribution is 4.79. The summed E-state index contributed by atoms with van der Waals surface area (Å²) < 4.78 is 0. The summed E-state index contributed by atoms with van der Waals surface area (Å²) in [5.41, 5.74) is 0.371. The highest BCUT2D eigenvalue weighted by Gasteiger charge is 2.17. The number of rotatable bonds is 20. The molecular formula is C24H51N. The molecule has 0 saturated heterocycles. The average Bonchev–Trinajstić information content (AvgIpc) is 2.64. The van der Waals surface area contributed by atoms with Crippen LogP contribution >= 0.6 is 0 Å². The Morgan fingerprint density at radius 3 is 1.12 bits per heavy atom. The highest BCUT2D eigenvalue weighted by Crippen LogP contribution is 2.15. The molecule has 0 aromatic carbocycles. The van der Waals surface area contributed by atoms with Gasteiger partial charge in [-0.1, -0.05) is 117 Å². The first kappa shape index (κ1) is 25.0. The van der Waals surface area contributed by atoms with Crippen LogP contribution in [0.4, 0.5) is 0 Å².